The van der Waals surface area contributed by atoms with Crippen LogP contribution in [0.5, 0.6) is 0 Å². The van der Waals surface area contributed by atoms with Crippen molar-refractivity contribution >= 4 is 28.5 Å². The van der Waals surface area contributed by atoms with Gasteiger partial charge in [-0.25, -0.2) is 9.69 Å². The van der Waals surface area contributed by atoms with Crippen LogP contribution in [0.2, 0.25) is 0 Å². The van der Waals surface area contributed by atoms with Crippen LogP contribution in [0.15, 0.2) is 69.9 Å². The number of nitrogens with zero attached hydrogens (tertiary/aromatic N) is 2. The second kappa shape index (κ2) is 6.12. The fraction of sp³-hybridized carbons (Fsp3) is 0.190. The van der Waals surface area contributed by atoms with Gasteiger partial charge in [0.1, 0.15) is 5.58 Å². The molecule has 7 nitrogen and oxygen atoms in total. The highest BCUT2D eigenvalue weighted by atomic mass is 16.7. The molecule has 28 heavy (non-hydrogen) atoms. The van der Waals surface area contributed by atoms with Gasteiger partial charge in [-0.1, -0.05) is 36.4 Å². The summed E-state index contributed by atoms with van der Waals surface area (Å²) in [4.78, 5) is 45.2. The lowest BCUT2D eigenvalue weighted by atomic mass is 9.89. The fourth-order valence-corrected chi connectivity index (χ4v) is 4.15. The number of amides is 2. The SMILES string of the molecule is CN1O[C@H]2C(=O)N(c3ccccc3)C(=O)[C@H]2[C@@H]1c1cc(=O)oc2ccccc12. The summed E-state index contributed by atoms with van der Waals surface area (Å²) in [7, 11) is 1.67. The number of fused-ring (bicyclic) bond motifs is 2. The molecule has 1 aromatic heterocycles. The molecule has 0 N–H and O–H groups in total. The van der Waals surface area contributed by atoms with Crippen molar-refractivity contribution in [3.63, 3.8) is 0 Å². The number of hydrogen-bond donors (Lipinski definition) is 0. The maximum atomic E-state index is 13.2. The molecule has 2 aliphatic rings. The Balaban J connectivity index is 1.64. The minimum atomic E-state index is -0.922. The molecule has 2 saturated heterocycles. The summed E-state index contributed by atoms with van der Waals surface area (Å²) >= 11 is 0. The molecule has 3 heterocycles. The van der Waals surface area contributed by atoms with Crippen LogP contribution < -0.4 is 10.5 Å². The van der Waals surface area contributed by atoms with Crippen LogP contribution in [0.4, 0.5) is 5.69 Å². The number of imide groups is 1. The van der Waals surface area contributed by atoms with Crippen LogP contribution in [-0.2, 0) is 14.4 Å². The number of carbonyl (C=O) groups excluding carboxylic acids is 2. The van der Waals surface area contributed by atoms with Crippen molar-refractivity contribution in [2.75, 3.05) is 11.9 Å². The van der Waals surface area contributed by atoms with E-state index >= 15 is 0 Å². The molecular weight excluding hydrogens is 360 g/mol. The molecule has 3 aromatic rings. The minimum Gasteiger partial charge on any atom is -0.423 e. The average Bonchev–Trinajstić information content (AvgIpc) is 3.16. The summed E-state index contributed by atoms with van der Waals surface area (Å²) < 4.78 is 5.27. The van der Waals surface area contributed by atoms with Crippen LogP contribution in [0.3, 0.4) is 0 Å². The highest BCUT2D eigenvalue weighted by Crippen LogP contribution is 2.46. The zero-order valence-corrected chi connectivity index (χ0v) is 14.9. The summed E-state index contributed by atoms with van der Waals surface area (Å²) in [5.41, 5.74) is 1.04. The molecule has 0 bridgehead atoms. The topological polar surface area (TPSA) is 80.1 Å². The Kier molecular flexibility index (Phi) is 3.68. The molecule has 2 fully saturated rings. The molecule has 2 amide bonds. The summed E-state index contributed by atoms with van der Waals surface area (Å²) in [6.07, 6.45) is -0.922. The first kappa shape index (κ1) is 16.9. The van der Waals surface area contributed by atoms with Crippen LogP contribution in [0.1, 0.15) is 11.6 Å². The summed E-state index contributed by atoms with van der Waals surface area (Å²) in [6, 6.07) is 16.7. The number of benzene rings is 2. The minimum absolute atomic E-state index is 0.340. The van der Waals surface area contributed by atoms with Crippen molar-refractivity contribution in [3.8, 4) is 0 Å². The zero-order valence-electron chi connectivity index (χ0n) is 14.9. The maximum absolute atomic E-state index is 13.2. The first-order valence-electron chi connectivity index (χ1n) is 8.91. The van der Waals surface area contributed by atoms with Crippen molar-refractivity contribution < 1.29 is 18.8 Å². The highest BCUT2D eigenvalue weighted by Gasteiger charge is 2.59. The second-order valence-corrected chi connectivity index (χ2v) is 6.91. The first-order valence-corrected chi connectivity index (χ1v) is 8.91. The molecule has 140 valence electrons. The van der Waals surface area contributed by atoms with Crippen molar-refractivity contribution in [2.24, 2.45) is 5.92 Å². The van der Waals surface area contributed by atoms with Crippen LogP contribution >= 0.6 is 0 Å². The third-order valence-corrected chi connectivity index (χ3v) is 5.32. The summed E-state index contributed by atoms with van der Waals surface area (Å²) in [5, 5.41) is 2.20. The summed E-state index contributed by atoms with van der Waals surface area (Å²) in [6.45, 7) is 0. The van der Waals surface area contributed by atoms with Gasteiger partial charge in [0, 0.05) is 18.5 Å². The van der Waals surface area contributed by atoms with Crippen molar-refractivity contribution in [1.82, 2.24) is 5.06 Å². The average molecular weight is 376 g/mol. The third-order valence-electron chi connectivity index (χ3n) is 5.32. The third kappa shape index (κ3) is 2.33. The van der Waals surface area contributed by atoms with Crippen LogP contribution in [0, 0.1) is 5.92 Å². The number of hydrogen-bond acceptors (Lipinski definition) is 6. The Morgan fingerprint density at radius 3 is 2.39 bits per heavy atom. The van der Waals surface area contributed by atoms with E-state index in [1.165, 1.54) is 16.0 Å². The van der Waals surface area contributed by atoms with Gasteiger partial charge in [0.15, 0.2) is 6.10 Å². The highest BCUT2D eigenvalue weighted by molar-refractivity contribution is 6.23. The number of hydroxylamine groups is 2. The lowest BCUT2D eigenvalue weighted by Crippen LogP contribution is -2.36. The van der Waals surface area contributed by atoms with Crippen LogP contribution in [-0.4, -0.2) is 30.0 Å². The van der Waals surface area contributed by atoms with Crippen molar-refractivity contribution in [1.29, 1.82) is 0 Å². The van der Waals surface area contributed by atoms with Gasteiger partial charge in [-0.05, 0) is 23.8 Å². The molecule has 0 unspecified atom stereocenters. The molecular formula is C21H16N2O5. The normalized spacial score (nSPS) is 24.9. The molecule has 5 rings (SSSR count). The Bertz CT molecular complexity index is 1160. The van der Waals surface area contributed by atoms with E-state index in [1.54, 1.807) is 43.4 Å². The van der Waals surface area contributed by atoms with Gasteiger partial charge in [-0.15, -0.1) is 0 Å². The molecule has 0 spiro atoms. The van der Waals surface area contributed by atoms with Crippen molar-refractivity contribution in [3.05, 3.63) is 76.6 Å². The molecule has 0 radical (unpaired) electrons. The van der Waals surface area contributed by atoms with E-state index in [0.717, 1.165) is 0 Å². The first-order chi connectivity index (χ1) is 13.6. The predicted octanol–water partition coefficient (Wildman–Crippen LogP) is 2.27. The largest absolute Gasteiger partial charge is 0.423 e. The van der Waals surface area contributed by atoms with Gasteiger partial charge in [0.2, 0.25) is 5.91 Å². The molecule has 2 aliphatic heterocycles. The number of anilines is 1. The molecule has 7 heteroatoms. The van der Waals surface area contributed by atoms with Gasteiger partial charge in [-0.3, -0.25) is 14.4 Å². The molecule has 3 atom stereocenters. The molecule has 0 saturated carbocycles. The molecule has 0 aliphatic carbocycles. The smallest absolute Gasteiger partial charge is 0.336 e. The number of carbonyl (C=O) groups is 2. The number of para-hydroxylation sites is 2. The van der Waals surface area contributed by atoms with E-state index in [-0.39, 0.29) is 5.91 Å². The van der Waals surface area contributed by atoms with Gasteiger partial charge in [0.05, 0.1) is 17.6 Å². The fourth-order valence-electron chi connectivity index (χ4n) is 4.15. The Morgan fingerprint density at radius 1 is 0.893 bits per heavy atom. The van der Waals surface area contributed by atoms with Gasteiger partial charge in [0.25, 0.3) is 5.91 Å². The Hall–Kier alpha value is -3.29. The number of rotatable bonds is 2. The monoisotopic (exact) mass is 376 g/mol. The lowest BCUT2D eigenvalue weighted by molar-refractivity contribution is -0.160. The van der Waals surface area contributed by atoms with E-state index < -0.39 is 29.6 Å². The quantitative estimate of drug-likeness (QED) is 0.504. The van der Waals surface area contributed by atoms with E-state index in [0.29, 0.717) is 22.2 Å². The Morgan fingerprint density at radius 2 is 1.61 bits per heavy atom. The van der Waals surface area contributed by atoms with Crippen LogP contribution in [0.25, 0.3) is 11.0 Å². The summed E-state index contributed by atoms with van der Waals surface area (Å²) in [5.74, 6) is -1.49. The van der Waals surface area contributed by atoms with E-state index in [2.05, 4.69) is 0 Å². The predicted molar refractivity (Wildman–Crippen MR) is 100 cm³/mol. The van der Waals surface area contributed by atoms with Crippen molar-refractivity contribution in [2.45, 2.75) is 12.1 Å². The lowest BCUT2D eigenvalue weighted by Gasteiger charge is -2.24. The second-order valence-electron chi connectivity index (χ2n) is 6.91. The zero-order chi connectivity index (χ0) is 19.4. The van der Waals surface area contributed by atoms with Gasteiger partial charge in [-0.2, -0.15) is 5.06 Å². The van der Waals surface area contributed by atoms with Gasteiger partial charge < -0.3 is 4.42 Å². The van der Waals surface area contributed by atoms with E-state index in [4.69, 9.17) is 9.25 Å². The standard InChI is InChI=1S/C21H16N2O5/c1-22-18(14-11-16(24)27-15-10-6-5-9-13(14)15)17-19(28-22)21(26)23(20(17)25)12-7-3-2-4-8-12/h2-11,17-19H,1H3/t17-,18-,19+/m0/s1. The van der Waals surface area contributed by atoms with Gasteiger partial charge >= 0.3 is 5.63 Å². The van der Waals surface area contributed by atoms with E-state index in [1.807, 2.05) is 18.2 Å². The van der Waals surface area contributed by atoms with E-state index in [9.17, 15) is 14.4 Å². The maximum Gasteiger partial charge on any atom is 0.336 e. The molecule has 2 aromatic carbocycles. The Labute approximate surface area is 159 Å².